The van der Waals surface area contributed by atoms with E-state index in [1.807, 2.05) is 39.0 Å². The lowest BCUT2D eigenvalue weighted by molar-refractivity contribution is 0.0164. The van der Waals surface area contributed by atoms with Crippen molar-refractivity contribution in [1.82, 2.24) is 0 Å². The molecule has 3 nitrogen and oxygen atoms in total. The fourth-order valence-corrected chi connectivity index (χ4v) is 1.85. The van der Waals surface area contributed by atoms with E-state index in [1.165, 1.54) is 0 Å². The molecule has 1 aromatic carbocycles. The molecule has 0 radical (unpaired) electrons. The molecule has 0 amide bonds. The minimum absolute atomic E-state index is 0.0318. The first-order valence-corrected chi connectivity index (χ1v) is 6.00. The predicted octanol–water partition coefficient (Wildman–Crippen LogP) is 3.74. The van der Waals surface area contributed by atoms with Gasteiger partial charge in [-0.05, 0) is 39.0 Å². The average molecular weight is 246 g/mol. The van der Waals surface area contributed by atoms with Crippen LogP contribution < -0.4 is 0 Å². The maximum absolute atomic E-state index is 12.1. The number of carbonyl (C=O) groups is 1. The van der Waals surface area contributed by atoms with Gasteiger partial charge in [-0.1, -0.05) is 11.6 Å². The molecule has 0 bridgehead atoms. The Balaban J connectivity index is 2.28. The number of aryl methyl sites for hydroxylation is 1. The number of hydrogen-bond donors (Lipinski definition) is 0. The minimum Gasteiger partial charge on any atom is -0.453 e. The summed E-state index contributed by atoms with van der Waals surface area (Å²) < 4.78 is 10.8. The van der Waals surface area contributed by atoms with Crippen molar-refractivity contribution in [2.45, 2.75) is 32.8 Å². The van der Waals surface area contributed by atoms with E-state index in [2.05, 4.69) is 0 Å². The van der Waals surface area contributed by atoms with Crippen molar-refractivity contribution < 1.29 is 13.9 Å². The summed E-state index contributed by atoms with van der Waals surface area (Å²) in [4.78, 5) is 12.1. The first-order chi connectivity index (χ1) is 8.41. The van der Waals surface area contributed by atoms with Crippen molar-refractivity contribution >= 4 is 16.8 Å². The van der Waals surface area contributed by atoms with Gasteiger partial charge >= 0.3 is 0 Å². The van der Waals surface area contributed by atoms with Crippen molar-refractivity contribution in [3.8, 4) is 0 Å². The Morgan fingerprint density at radius 3 is 2.72 bits per heavy atom. The van der Waals surface area contributed by atoms with Gasteiger partial charge in [0.2, 0.25) is 5.78 Å². The zero-order valence-corrected chi connectivity index (χ0v) is 11.2. The lowest BCUT2D eigenvalue weighted by Crippen LogP contribution is -2.26. The molecule has 0 aliphatic carbocycles. The van der Waals surface area contributed by atoms with Crippen LogP contribution in [0.1, 0.15) is 36.4 Å². The Morgan fingerprint density at radius 2 is 2.06 bits per heavy atom. The summed E-state index contributed by atoms with van der Waals surface area (Å²) >= 11 is 0. The van der Waals surface area contributed by atoms with Crippen LogP contribution >= 0.6 is 0 Å². The zero-order valence-electron chi connectivity index (χ0n) is 11.2. The number of hydrogen-bond acceptors (Lipinski definition) is 3. The molecule has 0 unspecified atom stereocenters. The topological polar surface area (TPSA) is 39.4 Å². The number of rotatable bonds is 4. The Kier molecular flexibility index (Phi) is 3.26. The first-order valence-electron chi connectivity index (χ1n) is 6.00. The molecule has 0 saturated carbocycles. The molecule has 0 saturated heterocycles. The van der Waals surface area contributed by atoms with Gasteiger partial charge < -0.3 is 9.15 Å². The smallest absolute Gasteiger partial charge is 0.200 e. The van der Waals surface area contributed by atoms with E-state index in [4.69, 9.17) is 9.15 Å². The highest BCUT2D eigenvalue weighted by Gasteiger charge is 2.24. The van der Waals surface area contributed by atoms with Gasteiger partial charge in [-0.2, -0.15) is 0 Å². The van der Waals surface area contributed by atoms with Crippen LogP contribution in [0.4, 0.5) is 0 Å². The normalized spacial score (nSPS) is 12.0. The summed E-state index contributed by atoms with van der Waals surface area (Å²) in [6, 6.07) is 7.68. The third-order valence-corrected chi connectivity index (χ3v) is 3.09. The van der Waals surface area contributed by atoms with Gasteiger partial charge in [0.05, 0.1) is 5.60 Å². The van der Waals surface area contributed by atoms with Crippen LogP contribution in [0.2, 0.25) is 0 Å². The number of ketones is 1. The fourth-order valence-electron chi connectivity index (χ4n) is 1.85. The minimum atomic E-state index is -0.466. The molecule has 0 fully saturated rings. The van der Waals surface area contributed by atoms with Crippen molar-refractivity contribution in [2.75, 3.05) is 7.11 Å². The highest BCUT2D eigenvalue weighted by Crippen LogP contribution is 2.24. The molecule has 0 aliphatic rings. The van der Waals surface area contributed by atoms with E-state index in [9.17, 15) is 4.79 Å². The molecular formula is C15H18O3. The monoisotopic (exact) mass is 246 g/mol. The van der Waals surface area contributed by atoms with Gasteiger partial charge in [0.15, 0.2) is 5.76 Å². The maximum Gasteiger partial charge on any atom is 0.200 e. The summed E-state index contributed by atoms with van der Waals surface area (Å²) in [6.07, 6.45) is 0.308. The predicted molar refractivity (Wildman–Crippen MR) is 71.0 cm³/mol. The van der Waals surface area contributed by atoms with Crippen LogP contribution in [0.3, 0.4) is 0 Å². The molecule has 96 valence electrons. The second-order valence-corrected chi connectivity index (χ2v) is 5.22. The van der Waals surface area contributed by atoms with Crippen molar-refractivity contribution in [2.24, 2.45) is 0 Å². The summed E-state index contributed by atoms with van der Waals surface area (Å²) in [7, 11) is 1.61. The highest BCUT2D eigenvalue weighted by atomic mass is 16.5. The lowest BCUT2D eigenvalue weighted by Gasteiger charge is -2.20. The van der Waals surface area contributed by atoms with Crippen LogP contribution in [0.25, 0.3) is 11.0 Å². The summed E-state index contributed by atoms with van der Waals surface area (Å²) in [5.74, 6) is 0.372. The second kappa shape index (κ2) is 4.58. The van der Waals surface area contributed by atoms with E-state index in [0.717, 1.165) is 16.5 Å². The standard InChI is InChI=1S/C15H18O3/c1-10-5-6-13-11(7-10)8-14(18-13)12(16)9-15(2,3)17-4/h5-8H,9H2,1-4H3. The largest absolute Gasteiger partial charge is 0.453 e. The molecule has 3 heteroatoms. The van der Waals surface area contributed by atoms with E-state index in [0.29, 0.717) is 12.2 Å². The Bertz CT molecular complexity index is 578. The van der Waals surface area contributed by atoms with Crippen molar-refractivity contribution in [3.05, 3.63) is 35.6 Å². The number of methoxy groups -OCH3 is 1. The quantitative estimate of drug-likeness (QED) is 0.771. The molecule has 1 aromatic heterocycles. The third-order valence-electron chi connectivity index (χ3n) is 3.09. The van der Waals surface area contributed by atoms with E-state index >= 15 is 0 Å². The molecule has 2 rings (SSSR count). The van der Waals surface area contributed by atoms with Gasteiger partial charge in [0, 0.05) is 18.9 Å². The molecule has 18 heavy (non-hydrogen) atoms. The van der Waals surface area contributed by atoms with Gasteiger partial charge in [0.1, 0.15) is 5.58 Å². The molecular weight excluding hydrogens is 228 g/mol. The number of ether oxygens (including phenoxy) is 1. The number of fused-ring (bicyclic) bond motifs is 1. The molecule has 1 heterocycles. The van der Waals surface area contributed by atoms with E-state index in [-0.39, 0.29) is 5.78 Å². The van der Waals surface area contributed by atoms with Crippen molar-refractivity contribution in [3.63, 3.8) is 0 Å². The van der Waals surface area contributed by atoms with Crippen molar-refractivity contribution in [1.29, 1.82) is 0 Å². The highest BCUT2D eigenvalue weighted by molar-refractivity contribution is 5.98. The molecule has 0 atom stereocenters. The molecule has 0 aliphatic heterocycles. The van der Waals surface area contributed by atoms with Crippen LogP contribution in [0.5, 0.6) is 0 Å². The third kappa shape index (κ3) is 2.62. The fraction of sp³-hybridized carbons (Fsp3) is 0.400. The summed E-state index contributed by atoms with van der Waals surface area (Å²) in [5.41, 5.74) is 1.44. The van der Waals surface area contributed by atoms with Gasteiger partial charge in [0.25, 0.3) is 0 Å². The molecule has 0 spiro atoms. The molecule has 0 N–H and O–H groups in total. The number of furan rings is 1. The summed E-state index contributed by atoms with van der Waals surface area (Å²) in [6.45, 7) is 5.79. The van der Waals surface area contributed by atoms with E-state index in [1.54, 1.807) is 13.2 Å². The summed E-state index contributed by atoms with van der Waals surface area (Å²) in [5, 5.41) is 0.966. The second-order valence-electron chi connectivity index (χ2n) is 5.22. The first kappa shape index (κ1) is 12.8. The number of benzene rings is 1. The Morgan fingerprint density at radius 1 is 1.33 bits per heavy atom. The maximum atomic E-state index is 12.1. The van der Waals surface area contributed by atoms with Crippen LogP contribution in [-0.4, -0.2) is 18.5 Å². The zero-order chi connectivity index (χ0) is 13.3. The Labute approximate surface area is 107 Å². The van der Waals surface area contributed by atoms with Gasteiger partial charge in [-0.25, -0.2) is 0 Å². The van der Waals surface area contributed by atoms with Crippen LogP contribution in [0.15, 0.2) is 28.7 Å². The van der Waals surface area contributed by atoms with Crippen LogP contribution in [-0.2, 0) is 4.74 Å². The van der Waals surface area contributed by atoms with Gasteiger partial charge in [-0.3, -0.25) is 4.79 Å². The molecule has 2 aromatic rings. The SMILES string of the molecule is COC(C)(C)CC(=O)c1cc2cc(C)ccc2o1. The van der Waals surface area contributed by atoms with Gasteiger partial charge in [-0.15, -0.1) is 0 Å². The van der Waals surface area contributed by atoms with E-state index < -0.39 is 5.60 Å². The number of carbonyl (C=O) groups excluding carboxylic acids is 1. The van der Waals surface area contributed by atoms with Crippen LogP contribution in [0, 0.1) is 6.92 Å². The number of Topliss-reactive ketones (excluding diaryl/α,β-unsaturated/α-hetero) is 1. The lowest BCUT2D eigenvalue weighted by atomic mass is 10.0. The average Bonchev–Trinajstić information content (AvgIpc) is 2.71. The Hall–Kier alpha value is -1.61.